The van der Waals surface area contributed by atoms with Gasteiger partial charge in [-0.1, -0.05) is 30.3 Å². The minimum Gasteiger partial charge on any atom is -0.464 e. The van der Waals surface area contributed by atoms with E-state index in [1.165, 1.54) is 4.90 Å². The number of Topliss-reactive ketones (excluding diaryl/α,β-unsaturated/α-hetero) is 1. The first-order valence-electron chi connectivity index (χ1n) is 9.24. The lowest BCUT2D eigenvalue weighted by atomic mass is 9.72. The summed E-state index contributed by atoms with van der Waals surface area (Å²) in [6.45, 7) is 2.61. The van der Waals surface area contributed by atoms with Crippen LogP contribution in [0, 0.1) is 11.8 Å². The van der Waals surface area contributed by atoms with Gasteiger partial charge in [0, 0.05) is 19.4 Å². The summed E-state index contributed by atoms with van der Waals surface area (Å²) in [5.74, 6) is 0.209. The predicted molar refractivity (Wildman–Crippen MR) is 94.2 cm³/mol. The molecule has 1 heterocycles. The van der Waals surface area contributed by atoms with E-state index in [2.05, 4.69) is 0 Å². The van der Waals surface area contributed by atoms with Gasteiger partial charge in [0.1, 0.15) is 18.4 Å². The third-order valence-electron chi connectivity index (χ3n) is 5.28. The Bertz CT molecular complexity index is 659. The lowest BCUT2D eigenvalue weighted by Gasteiger charge is -2.43. The van der Waals surface area contributed by atoms with Crippen molar-refractivity contribution in [2.75, 3.05) is 13.2 Å². The molecule has 1 aromatic rings. The van der Waals surface area contributed by atoms with E-state index < -0.39 is 18.1 Å². The molecule has 1 aliphatic heterocycles. The van der Waals surface area contributed by atoms with Crippen molar-refractivity contribution in [3.63, 3.8) is 0 Å². The van der Waals surface area contributed by atoms with Crippen LogP contribution in [0.5, 0.6) is 0 Å². The summed E-state index contributed by atoms with van der Waals surface area (Å²) in [6, 6.07) is 8.76. The van der Waals surface area contributed by atoms with Crippen LogP contribution in [-0.4, -0.2) is 41.9 Å². The van der Waals surface area contributed by atoms with Crippen molar-refractivity contribution in [2.24, 2.45) is 11.8 Å². The number of ketones is 1. The summed E-state index contributed by atoms with van der Waals surface area (Å²) in [7, 11) is 0. The lowest BCUT2D eigenvalue weighted by Crippen LogP contribution is -2.55. The van der Waals surface area contributed by atoms with E-state index in [4.69, 9.17) is 9.47 Å². The Labute approximate surface area is 153 Å². The monoisotopic (exact) mass is 359 g/mol. The van der Waals surface area contributed by atoms with Crippen LogP contribution < -0.4 is 0 Å². The van der Waals surface area contributed by atoms with Gasteiger partial charge < -0.3 is 9.47 Å². The third-order valence-corrected chi connectivity index (χ3v) is 5.28. The van der Waals surface area contributed by atoms with E-state index in [1.54, 1.807) is 6.92 Å². The molecule has 0 unspecified atom stereocenters. The standard InChI is InChI=1S/C20H25NO5/c1-2-25-19(23)18-11-16-10-17(22)9-8-15(16)12-21(18)20(24)26-13-14-6-4-3-5-7-14/h3-7,15-16,18H,2,8-13H2,1H3/t15-,16+,18-/m0/s1. The fraction of sp³-hybridized carbons (Fsp3) is 0.550. The summed E-state index contributed by atoms with van der Waals surface area (Å²) in [6.07, 6.45) is 1.78. The molecule has 0 radical (unpaired) electrons. The summed E-state index contributed by atoms with van der Waals surface area (Å²) in [5, 5.41) is 0. The normalized spacial score (nSPS) is 25.3. The molecule has 1 aliphatic carbocycles. The molecule has 2 fully saturated rings. The highest BCUT2D eigenvalue weighted by Crippen LogP contribution is 2.38. The minimum atomic E-state index is -0.676. The first-order chi connectivity index (χ1) is 12.6. The van der Waals surface area contributed by atoms with E-state index >= 15 is 0 Å². The van der Waals surface area contributed by atoms with Crippen LogP contribution in [0.25, 0.3) is 0 Å². The number of hydrogen-bond donors (Lipinski definition) is 0. The van der Waals surface area contributed by atoms with Crippen molar-refractivity contribution >= 4 is 17.8 Å². The maximum Gasteiger partial charge on any atom is 0.410 e. The van der Waals surface area contributed by atoms with Gasteiger partial charge in [-0.2, -0.15) is 0 Å². The molecule has 0 bridgehead atoms. The van der Waals surface area contributed by atoms with Crippen molar-refractivity contribution in [2.45, 2.75) is 45.3 Å². The molecule has 2 aliphatic rings. The number of ether oxygens (including phenoxy) is 2. The molecule has 1 amide bonds. The van der Waals surface area contributed by atoms with Crippen molar-refractivity contribution in [3.05, 3.63) is 35.9 Å². The van der Waals surface area contributed by atoms with Gasteiger partial charge in [0.25, 0.3) is 0 Å². The van der Waals surface area contributed by atoms with Gasteiger partial charge >= 0.3 is 12.1 Å². The van der Waals surface area contributed by atoms with E-state index in [0.717, 1.165) is 12.0 Å². The Kier molecular flexibility index (Phi) is 5.91. The average molecular weight is 359 g/mol. The van der Waals surface area contributed by atoms with Gasteiger partial charge in [-0.05, 0) is 37.2 Å². The Morgan fingerprint density at radius 2 is 1.92 bits per heavy atom. The topological polar surface area (TPSA) is 72.9 Å². The molecule has 0 spiro atoms. The van der Waals surface area contributed by atoms with Crippen LogP contribution in [0.15, 0.2) is 30.3 Å². The highest BCUT2D eigenvalue weighted by molar-refractivity contribution is 5.83. The zero-order chi connectivity index (χ0) is 18.5. The Balaban J connectivity index is 1.69. The maximum absolute atomic E-state index is 12.7. The molecule has 1 saturated carbocycles. The first-order valence-corrected chi connectivity index (χ1v) is 9.24. The number of hydrogen-bond acceptors (Lipinski definition) is 5. The first kappa shape index (κ1) is 18.4. The maximum atomic E-state index is 12.7. The smallest absolute Gasteiger partial charge is 0.410 e. The molecule has 3 rings (SSSR count). The predicted octanol–water partition coefficient (Wildman–Crippen LogP) is 2.95. The van der Waals surface area contributed by atoms with Gasteiger partial charge in [-0.15, -0.1) is 0 Å². The van der Waals surface area contributed by atoms with Crippen LogP contribution in [0.2, 0.25) is 0 Å². The van der Waals surface area contributed by atoms with Crippen LogP contribution in [0.4, 0.5) is 4.79 Å². The number of nitrogens with zero attached hydrogens (tertiary/aromatic N) is 1. The number of fused-ring (bicyclic) bond motifs is 1. The van der Waals surface area contributed by atoms with Gasteiger partial charge in [-0.25, -0.2) is 9.59 Å². The number of benzene rings is 1. The molecule has 1 saturated heterocycles. The van der Waals surface area contributed by atoms with Crippen LogP contribution >= 0.6 is 0 Å². The molecule has 0 aromatic heterocycles. The number of esters is 1. The number of amides is 1. The second-order valence-corrected chi connectivity index (χ2v) is 7.00. The molecule has 0 N–H and O–H groups in total. The Morgan fingerprint density at radius 1 is 1.15 bits per heavy atom. The second-order valence-electron chi connectivity index (χ2n) is 7.00. The largest absolute Gasteiger partial charge is 0.464 e. The highest BCUT2D eigenvalue weighted by Gasteiger charge is 2.44. The molecule has 3 atom stereocenters. The minimum absolute atomic E-state index is 0.142. The SMILES string of the molecule is CCOC(=O)[C@@H]1C[C@H]2CC(=O)CC[C@H]2CN1C(=O)OCc1ccccc1. The fourth-order valence-corrected chi connectivity index (χ4v) is 3.92. The quantitative estimate of drug-likeness (QED) is 0.773. The Hall–Kier alpha value is -2.37. The number of carbonyl (C=O) groups excluding carboxylic acids is 3. The zero-order valence-electron chi connectivity index (χ0n) is 15.1. The number of piperidine rings is 1. The van der Waals surface area contributed by atoms with E-state index in [9.17, 15) is 14.4 Å². The van der Waals surface area contributed by atoms with Gasteiger partial charge in [0.2, 0.25) is 0 Å². The van der Waals surface area contributed by atoms with Crippen molar-refractivity contribution in [3.8, 4) is 0 Å². The third kappa shape index (κ3) is 4.23. The van der Waals surface area contributed by atoms with Crippen molar-refractivity contribution < 1.29 is 23.9 Å². The fourth-order valence-electron chi connectivity index (χ4n) is 3.92. The van der Waals surface area contributed by atoms with E-state index in [1.807, 2.05) is 30.3 Å². The molecule has 26 heavy (non-hydrogen) atoms. The molecule has 6 nitrogen and oxygen atoms in total. The van der Waals surface area contributed by atoms with Gasteiger partial charge in [0.05, 0.1) is 6.61 Å². The average Bonchev–Trinajstić information content (AvgIpc) is 2.66. The lowest BCUT2D eigenvalue weighted by molar-refractivity contribution is -0.153. The van der Waals surface area contributed by atoms with E-state index in [0.29, 0.717) is 25.8 Å². The number of likely N-dealkylation sites (tertiary alicyclic amines) is 1. The summed E-state index contributed by atoms with van der Waals surface area (Å²) >= 11 is 0. The van der Waals surface area contributed by atoms with Crippen LogP contribution in [-0.2, 0) is 25.7 Å². The van der Waals surface area contributed by atoms with E-state index in [-0.39, 0.29) is 30.8 Å². The summed E-state index contributed by atoms with van der Waals surface area (Å²) in [5.41, 5.74) is 0.895. The molecule has 140 valence electrons. The van der Waals surface area contributed by atoms with Crippen molar-refractivity contribution in [1.82, 2.24) is 4.90 Å². The van der Waals surface area contributed by atoms with Crippen LogP contribution in [0.1, 0.15) is 38.2 Å². The molecule has 1 aromatic carbocycles. The zero-order valence-corrected chi connectivity index (χ0v) is 15.1. The highest BCUT2D eigenvalue weighted by atomic mass is 16.6. The second kappa shape index (κ2) is 8.34. The van der Waals surface area contributed by atoms with Gasteiger partial charge in [-0.3, -0.25) is 9.69 Å². The molecule has 6 heteroatoms. The van der Waals surface area contributed by atoms with Crippen LogP contribution in [0.3, 0.4) is 0 Å². The molecular formula is C20H25NO5. The number of rotatable bonds is 4. The summed E-state index contributed by atoms with van der Waals surface area (Å²) < 4.78 is 10.6. The van der Waals surface area contributed by atoms with Gasteiger partial charge in [0.15, 0.2) is 0 Å². The van der Waals surface area contributed by atoms with Crippen molar-refractivity contribution in [1.29, 1.82) is 0 Å². The summed E-state index contributed by atoms with van der Waals surface area (Å²) in [4.78, 5) is 38.3. The molecular weight excluding hydrogens is 334 g/mol. The Morgan fingerprint density at radius 3 is 2.65 bits per heavy atom. The number of carbonyl (C=O) groups is 3.